The van der Waals surface area contributed by atoms with Gasteiger partial charge in [-0.2, -0.15) is 0 Å². The third-order valence-corrected chi connectivity index (χ3v) is 7.89. The van der Waals surface area contributed by atoms with E-state index < -0.39 is 9.84 Å². The van der Waals surface area contributed by atoms with Gasteiger partial charge in [0.15, 0.2) is 20.5 Å². The molecule has 8 heteroatoms. The van der Waals surface area contributed by atoms with Gasteiger partial charge in [0.25, 0.3) is 5.91 Å². The van der Waals surface area contributed by atoms with Crippen molar-refractivity contribution in [3.63, 3.8) is 0 Å². The molecule has 0 unspecified atom stereocenters. The maximum absolute atomic E-state index is 13.3. The van der Waals surface area contributed by atoms with Crippen molar-refractivity contribution in [2.24, 2.45) is 0 Å². The van der Waals surface area contributed by atoms with Crippen LogP contribution in [0.5, 0.6) is 0 Å². The van der Waals surface area contributed by atoms with Crippen LogP contribution < -0.4 is 5.32 Å². The molecule has 2 aromatic carbocycles. The number of sulfone groups is 1. The van der Waals surface area contributed by atoms with E-state index in [9.17, 15) is 13.2 Å². The number of fused-ring (bicyclic) bond motifs is 1. The zero-order valence-corrected chi connectivity index (χ0v) is 20.5. The van der Waals surface area contributed by atoms with E-state index in [-0.39, 0.29) is 16.7 Å². The Labute approximate surface area is 205 Å². The molecule has 2 heterocycles. The standard InChI is InChI=1S/C27H28N4O3S/c1-2-3-7-16-35(33,34)27-25-28-17-24(31(25)18-23(30-27)19-8-5-4-6-9-19)20-10-12-21(13-11-20)26(32)29-22-14-15-22/h4-6,8-13,17-18,22H,2-3,7,14-16H2,1H3,(H,29,32). The van der Waals surface area contributed by atoms with Crippen LogP contribution in [-0.2, 0) is 9.84 Å². The topological polar surface area (TPSA) is 93.4 Å². The highest BCUT2D eigenvalue weighted by molar-refractivity contribution is 7.91. The molecule has 0 saturated heterocycles. The maximum Gasteiger partial charge on any atom is 0.251 e. The Hall–Kier alpha value is -3.52. The van der Waals surface area contributed by atoms with Gasteiger partial charge in [-0.05, 0) is 31.4 Å². The van der Waals surface area contributed by atoms with Gasteiger partial charge in [0, 0.05) is 28.9 Å². The van der Waals surface area contributed by atoms with Crippen LogP contribution in [0.3, 0.4) is 0 Å². The van der Waals surface area contributed by atoms with E-state index in [2.05, 4.69) is 15.3 Å². The summed E-state index contributed by atoms with van der Waals surface area (Å²) in [7, 11) is -3.63. The van der Waals surface area contributed by atoms with Crippen LogP contribution in [0.2, 0.25) is 0 Å². The average Bonchev–Trinajstić information content (AvgIpc) is 3.59. The molecule has 0 radical (unpaired) electrons. The van der Waals surface area contributed by atoms with Crippen LogP contribution >= 0.6 is 0 Å². The molecule has 1 aliphatic rings. The first-order valence-electron chi connectivity index (χ1n) is 12.0. The van der Waals surface area contributed by atoms with Crippen molar-refractivity contribution in [1.82, 2.24) is 19.7 Å². The number of nitrogens with zero attached hydrogens (tertiary/aromatic N) is 3. The first kappa shape index (κ1) is 23.2. The molecule has 1 amide bonds. The lowest BCUT2D eigenvalue weighted by atomic mass is 10.1. The third kappa shape index (κ3) is 4.98. The lowest BCUT2D eigenvalue weighted by molar-refractivity contribution is 0.0951. The summed E-state index contributed by atoms with van der Waals surface area (Å²) in [5.74, 6) is -0.0393. The molecule has 0 aliphatic heterocycles. The van der Waals surface area contributed by atoms with Crippen molar-refractivity contribution in [3.05, 3.63) is 72.6 Å². The van der Waals surface area contributed by atoms with E-state index in [1.807, 2.05) is 55.6 Å². The predicted molar refractivity (Wildman–Crippen MR) is 136 cm³/mol. The van der Waals surface area contributed by atoms with E-state index >= 15 is 0 Å². The zero-order chi connectivity index (χ0) is 24.4. The smallest absolute Gasteiger partial charge is 0.251 e. The Bertz CT molecular complexity index is 1460. The molecule has 5 rings (SSSR count). The van der Waals surface area contributed by atoms with Gasteiger partial charge < -0.3 is 5.32 Å². The molecular weight excluding hydrogens is 460 g/mol. The number of rotatable bonds is 9. The second-order valence-electron chi connectivity index (χ2n) is 8.99. The lowest BCUT2D eigenvalue weighted by Crippen LogP contribution is -2.25. The molecule has 4 aromatic rings. The Balaban J connectivity index is 1.58. The van der Waals surface area contributed by atoms with E-state index in [0.29, 0.717) is 29.4 Å². The van der Waals surface area contributed by atoms with Crippen LogP contribution in [0.1, 0.15) is 49.4 Å². The van der Waals surface area contributed by atoms with Gasteiger partial charge in [-0.25, -0.2) is 18.4 Å². The number of hydrogen-bond donors (Lipinski definition) is 1. The fraction of sp³-hybridized carbons (Fsp3) is 0.296. The number of carbonyl (C=O) groups excluding carboxylic acids is 1. The Kier molecular flexibility index (Phi) is 6.38. The molecule has 0 spiro atoms. The van der Waals surface area contributed by atoms with Crippen LogP contribution in [0, 0.1) is 0 Å². The second-order valence-corrected chi connectivity index (χ2v) is 11.0. The molecule has 2 aromatic heterocycles. The molecule has 1 saturated carbocycles. The highest BCUT2D eigenvalue weighted by Crippen LogP contribution is 2.28. The van der Waals surface area contributed by atoms with Crippen molar-refractivity contribution in [3.8, 4) is 22.5 Å². The summed E-state index contributed by atoms with van der Waals surface area (Å²) >= 11 is 0. The van der Waals surface area contributed by atoms with E-state index in [1.165, 1.54) is 0 Å². The summed E-state index contributed by atoms with van der Waals surface area (Å²) < 4.78 is 28.4. The first-order chi connectivity index (χ1) is 17.0. The van der Waals surface area contributed by atoms with Gasteiger partial charge in [-0.3, -0.25) is 9.20 Å². The minimum atomic E-state index is -3.63. The second kappa shape index (κ2) is 9.62. The number of benzene rings is 2. The van der Waals surface area contributed by atoms with Gasteiger partial charge in [0.2, 0.25) is 0 Å². The van der Waals surface area contributed by atoms with Crippen molar-refractivity contribution in [1.29, 1.82) is 0 Å². The summed E-state index contributed by atoms with van der Waals surface area (Å²) in [6, 6.07) is 17.1. The number of aromatic nitrogens is 3. The molecule has 0 bridgehead atoms. The van der Waals surface area contributed by atoms with Crippen LogP contribution in [0.4, 0.5) is 0 Å². The van der Waals surface area contributed by atoms with Gasteiger partial charge >= 0.3 is 0 Å². The quantitative estimate of drug-likeness (QED) is 0.338. The minimum Gasteiger partial charge on any atom is -0.349 e. The summed E-state index contributed by atoms with van der Waals surface area (Å²) in [6.07, 6.45) is 7.92. The largest absolute Gasteiger partial charge is 0.349 e. The minimum absolute atomic E-state index is 0.00152. The van der Waals surface area contributed by atoms with Crippen molar-refractivity contribution < 1.29 is 13.2 Å². The SMILES string of the molecule is CCCCCS(=O)(=O)c1nc(-c2ccccc2)cn2c(-c3ccc(C(=O)NC4CC4)cc3)cnc12. The van der Waals surface area contributed by atoms with Crippen molar-refractivity contribution in [2.75, 3.05) is 5.75 Å². The molecule has 1 fully saturated rings. The highest BCUT2D eigenvalue weighted by atomic mass is 32.2. The van der Waals surface area contributed by atoms with E-state index in [1.54, 1.807) is 22.7 Å². The Morgan fingerprint density at radius 2 is 1.77 bits per heavy atom. The number of unbranched alkanes of at least 4 members (excludes halogenated alkanes) is 2. The van der Waals surface area contributed by atoms with Crippen molar-refractivity contribution in [2.45, 2.75) is 50.1 Å². The van der Waals surface area contributed by atoms with Gasteiger partial charge in [0.1, 0.15) is 0 Å². The molecule has 180 valence electrons. The predicted octanol–water partition coefficient (Wildman–Crippen LogP) is 4.92. The molecule has 35 heavy (non-hydrogen) atoms. The first-order valence-corrected chi connectivity index (χ1v) is 13.7. The van der Waals surface area contributed by atoms with Crippen molar-refractivity contribution >= 4 is 21.4 Å². The fourth-order valence-electron chi connectivity index (χ4n) is 4.06. The molecule has 1 N–H and O–H groups in total. The summed E-state index contributed by atoms with van der Waals surface area (Å²) in [5, 5.41) is 2.99. The normalized spacial score (nSPS) is 13.7. The molecule has 0 atom stereocenters. The maximum atomic E-state index is 13.3. The number of carbonyl (C=O) groups is 1. The molecular formula is C27H28N4O3S. The van der Waals surface area contributed by atoms with E-state index in [0.717, 1.165) is 42.5 Å². The number of imidazole rings is 1. The number of amides is 1. The van der Waals surface area contributed by atoms with Gasteiger partial charge in [-0.15, -0.1) is 0 Å². The van der Waals surface area contributed by atoms with Gasteiger partial charge in [-0.1, -0.05) is 62.2 Å². The summed E-state index contributed by atoms with van der Waals surface area (Å²) in [5.41, 5.74) is 3.86. The van der Waals surface area contributed by atoms with Gasteiger partial charge in [0.05, 0.1) is 23.3 Å². The zero-order valence-electron chi connectivity index (χ0n) is 19.6. The molecule has 7 nitrogen and oxygen atoms in total. The van der Waals surface area contributed by atoms with Crippen LogP contribution in [-0.4, -0.2) is 40.5 Å². The molecule has 1 aliphatic carbocycles. The monoisotopic (exact) mass is 488 g/mol. The lowest BCUT2D eigenvalue weighted by Gasteiger charge is -2.11. The fourth-order valence-corrected chi connectivity index (χ4v) is 5.50. The Morgan fingerprint density at radius 1 is 1.03 bits per heavy atom. The number of nitrogens with one attached hydrogen (secondary N) is 1. The van der Waals surface area contributed by atoms with E-state index in [4.69, 9.17) is 0 Å². The Morgan fingerprint density at radius 3 is 2.46 bits per heavy atom. The highest BCUT2D eigenvalue weighted by Gasteiger charge is 2.25. The van der Waals surface area contributed by atoms with Crippen LogP contribution in [0.15, 0.2) is 72.0 Å². The average molecular weight is 489 g/mol. The number of hydrogen-bond acceptors (Lipinski definition) is 5. The van der Waals surface area contributed by atoms with Crippen LogP contribution in [0.25, 0.3) is 28.2 Å². The third-order valence-electron chi connectivity index (χ3n) is 6.20. The summed E-state index contributed by atoms with van der Waals surface area (Å²) in [4.78, 5) is 21.4. The summed E-state index contributed by atoms with van der Waals surface area (Å²) in [6.45, 7) is 2.04.